The van der Waals surface area contributed by atoms with Crippen molar-refractivity contribution in [2.45, 2.75) is 12.1 Å². The van der Waals surface area contributed by atoms with Crippen molar-refractivity contribution >= 4 is 11.8 Å². The summed E-state index contributed by atoms with van der Waals surface area (Å²) in [5.41, 5.74) is 0. The normalized spacial score (nSPS) is 45.0. The quantitative estimate of drug-likeness (QED) is 0.473. The number of fused-ring (bicyclic) bond motifs is 1. The van der Waals surface area contributed by atoms with Gasteiger partial charge < -0.3 is 0 Å². The molecule has 45 valence electrons. The van der Waals surface area contributed by atoms with Crippen molar-refractivity contribution in [2.24, 2.45) is 0 Å². The molecular formula is C5H9N2S. The molecule has 2 rings (SSSR count). The van der Waals surface area contributed by atoms with E-state index in [-0.39, 0.29) is 0 Å². The maximum absolute atomic E-state index is 3.26. The van der Waals surface area contributed by atoms with E-state index < -0.39 is 0 Å². The Bertz CT molecular complexity index is 76.4. The second kappa shape index (κ2) is 1.90. The van der Waals surface area contributed by atoms with Crippen LogP contribution in [0.15, 0.2) is 0 Å². The number of nitrogens with one attached hydrogen (secondary N) is 2. The standard InChI is InChI=1S/C5H9N2S/c1-4-5(2-8-1)7-3-6-4/h3-7H,1-2H2. The second-order valence-electron chi connectivity index (χ2n) is 2.23. The SMILES string of the molecule is [CH]1NC2CSCC2N1. The van der Waals surface area contributed by atoms with E-state index in [1.165, 1.54) is 11.5 Å². The first-order valence-electron chi connectivity index (χ1n) is 2.88. The third kappa shape index (κ3) is 0.658. The molecule has 2 saturated heterocycles. The van der Waals surface area contributed by atoms with Crippen molar-refractivity contribution in [3.05, 3.63) is 6.67 Å². The molecule has 2 aliphatic heterocycles. The van der Waals surface area contributed by atoms with Crippen LogP contribution in [0.1, 0.15) is 0 Å². The third-order valence-electron chi connectivity index (χ3n) is 1.68. The van der Waals surface area contributed by atoms with Gasteiger partial charge in [0.05, 0.1) is 6.67 Å². The molecule has 0 aromatic heterocycles. The fourth-order valence-electron chi connectivity index (χ4n) is 1.15. The average Bonchev–Trinajstić information content (AvgIpc) is 2.15. The van der Waals surface area contributed by atoms with Crippen LogP contribution in [0, 0.1) is 6.67 Å². The topological polar surface area (TPSA) is 24.1 Å². The first kappa shape index (κ1) is 5.09. The highest BCUT2D eigenvalue weighted by Crippen LogP contribution is 2.20. The van der Waals surface area contributed by atoms with E-state index in [0.717, 1.165) is 12.1 Å². The maximum atomic E-state index is 3.26. The van der Waals surface area contributed by atoms with E-state index in [9.17, 15) is 0 Å². The fraction of sp³-hybridized carbons (Fsp3) is 0.800. The van der Waals surface area contributed by atoms with E-state index >= 15 is 0 Å². The maximum Gasteiger partial charge on any atom is 0.0872 e. The molecule has 2 fully saturated rings. The molecule has 2 nitrogen and oxygen atoms in total. The Hall–Kier alpha value is 0.270. The number of hydrogen-bond acceptors (Lipinski definition) is 3. The summed E-state index contributed by atoms with van der Waals surface area (Å²) in [4.78, 5) is 0. The molecule has 2 heterocycles. The summed E-state index contributed by atoms with van der Waals surface area (Å²) in [6.45, 7) is 1.97. The van der Waals surface area contributed by atoms with Crippen LogP contribution < -0.4 is 10.6 Å². The van der Waals surface area contributed by atoms with E-state index in [1.54, 1.807) is 0 Å². The van der Waals surface area contributed by atoms with Gasteiger partial charge in [-0.05, 0) is 0 Å². The Kier molecular flexibility index (Phi) is 1.21. The van der Waals surface area contributed by atoms with Gasteiger partial charge in [0.15, 0.2) is 0 Å². The van der Waals surface area contributed by atoms with Crippen molar-refractivity contribution in [1.29, 1.82) is 0 Å². The summed E-state index contributed by atoms with van der Waals surface area (Å²) in [5.74, 6) is 2.54. The van der Waals surface area contributed by atoms with Gasteiger partial charge in [-0.3, -0.25) is 10.6 Å². The van der Waals surface area contributed by atoms with Gasteiger partial charge in [0.25, 0.3) is 0 Å². The number of hydrogen-bond donors (Lipinski definition) is 2. The minimum atomic E-state index is 0.722. The molecular weight excluding hydrogens is 120 g/mol. The molecule has 0 aliphatic carbocycles. The minimum Gasteiger partial charge on any atom is -0.294 e. The molecule has 3 heteroatoms. The van der Waals surface area contributed by atoms with Crippen LogP contribution in [0.25, 0.3) is 0 Å². The fourth-order valence-corrected chi connectivity index (χ4v) is 2.45. The van der Waals surface area contributed by atoms with Crippen LogP contribution in [0.4, 0.5) is 0 Å². The highest BCUT2D eigenvalue weighted by molar-refractivity contribution is 7.99. The largest absolute Gasteiger partial charge is 0.294 e. The molecule has 2 atom stereocenters. The van der Waals surface area contributed by atoms with E-state index in [1.807, 2.05) is 18.4 Å². The van der Waals surface area contributed by atoms with Gasteiger partial charge in [-0.15, -0.1) is 0 Å². The number of thioether (sulfide) groups is 1. The van der Waals surface area contributed by atoms with Gasteiger partial charge in [-0.2, -0.15) is 11.8 Å². The lowest BCUT2D eigenvalue weighted by Crippen LogP contribution is -2.31. The molecule has 8 heavy (non-hydrogen) atoms. The molecule has 0 bridgehead atoms. The van der Waals surface area contributed by atoms with Crippen molar-refractivity contribution in [2.75, 3.05) is 11.5 Å². The van der Waals surface area contributed by atoms with Crippen LogP contribution >= 0.6 is 11.8 Å². The third-order valence-corrected chi connectivity index (χ3v) is 2.86. The highest BCUT2D eigenvalue weighted by Gasteiger charge is 2.31. The van der Waals surface area contributed by atoms with Gasteiger partial charge in [0, 0.05) is 23.6 Å². The summed E-state index contributed by atoms with van der Waals surface area (Å²) < 4.78 is 0. The van der Waals surface area contributed by atoms with Crippen molar-refractivity contribution in [3.8, 4) is 0 Å². The predicted octanol–water partition coefficient (Wildman–Crippen LogP) is -0.218. The molecule has 1 radical (unpaired) electrons. The average molecular weight is 129 g/mol. The lowest BCUT2D eigenvalue weighted by atomic mass is 10.2. The van der Waals surface area contributed by atoms with E-state index in [2.05, 4.69) is 10.6 Å². The second-order valence-corrected chi connectivity index (χ2v) is 3.30. The van der Waals surface area contributed by atoms with Gasteiger partial charge in [-0.25, -0.2) is 0 Å². The highest BCUT2D eigenvalue weighted by atomic mass is 32.2. The van der Waals surface area contributed by atoms with Gasteiger partial charge in [0.2, 0.25) is 0 Å². The first-order chi connectivity index (χ1) is 3.97. The molecule has 2 N–H and O–H groups in total. The Labute approximate surface area is 53.4 Å². The lowest BCUT2D eigenvalue weighted by Gasteiger charge is -2.03. The minimum absolute atomic E-state index is 0.722. The monoisotopic (exact) mass is 129 g/mol. The van der Waals surface area contributed by atoms with Gasteiger partial charge >= 0.3 is 0 Å². The molecule has 0 amide bonds. The van der Waals surface area contributed by atoms with E-state index in [0.29, 0.717) is 0 Å². The zero-order valence-corrected chi connectivity index (χ0v) is 5.37. The summed E-state index contributed by atoms with van der Waals surface area (Å²) in [6, 6.07) is 1.44. The summed E-state index contributed by atoms with van der Waals surface area (Å²) in [6.07, 6.45) is 0. The van der Waals surface area contributed by atoms with Crippen LogP contribution in [0.5, 0.6) is 0 Å². The first-order valence-corrected chi connectivity index (χ1v) is 4.04. The summed E-state index contributed by atoms with van der Waals surface area (Å²) >= 11 is 2.02. The Balaban J connectivity index is 2.04. The lowest BCUT2D eigenvalue weighted by molar-refractivity contribution is 0.620. The molecule has 2 aliphatic rings. The van der Waals surface area contributed by atoms with Crippen LogP contribution in [-0.4, -0.2) is 23.6 Å². The zero-order valence-electron chi connectivity index (χ0n) is 4.55. The van der Waals surface area contributed by atoms with Crippen LogP contribution in [0.3, 0.4) is 0 Å². The van der Waals surface area contributed by atoms with Gasteiger partial charge in [0.1, 0.15) is 0 Å². The van der Waals surface area contributed by atoms with Gasteiger partial charge in [-0.1, -0.05) is 0 Å². The van der Waals surface area contributed by atoms with Crippen LogP contribution in [-0.2, 0) is 0 Å². The smallest absolute Gasteiger partial charge is 0.0872 e. The summed E-state index contributed by atoms with van der Waals surface area (Å²) in [7, 11) is 0. The van der Waals surface area contributed by atoms with Crippen molar-refractivity contribution < 1.29 is 0 Å². The molecule has 0 saturated carbocycles. The zero-order chi connectivity index (χ0) is 5.40. The Morgan fingerprint density at radius 2 is 1.88 bits per heavy atom. The Morgan fingerprint density at radius 3 is 2.50 bits per heavy atom. The van der Waals surface area contributed by atoms with Crippen molar-refractivity contribution in [3.63, 3.8) is 0 Å². The van der Waals surface area contributed by atoms with Crippen LogP contribution in [0.2, 0.25) is 0 Å². The summed E-state index contributed by atoms with van der Waals surface area (Å²) in [5, 5.41) is 6.52. The number of rotatable bonds is 0. The Morgan fingerprint density at radius 1 is 1.25 bits per heavy atom. The molecule has 0 aromatic rings. The molecule has 0 aromatic carbocycles. The van der Waals surface area contributed by atoms with E-state index in [4.69, 9.17) is 0 Å². The van der Waals surface area contributed by atoms with Crippen molar-refractivity contribution in [1.82, 2.24) is 10.6 Å². The molecule has 2 unspecified atom stereocenters. The molecule has 0 spiro atoms. The predicted molar refractivity (Wildman–Crippen MR) is 35.5 cm³/mol.